The fraction of sp³-hybridized carbons (Fsp3) is 0.143. The monoisotopic (exact) mass is 328 g/mol. The average molecular weight is 330 g/mol. The molecule has 2 rings (SSSR count). The van der Waals surface area contributed by atoms with Crippen LogP contribution in [0.4, 0.5) is 4.39 Å². The Hall–Kier alpha value is -1.06. The van der Waals surface area contributed by atoms with E-state index in [-0.39, 0.29) is 5.82 Å². The van der Waals surface area contributed by atoms with Gasteiger partial charge in [-0.1, -0.05) is 39.7 Å². The normalized spacial score (nSPS) is 10.4. The zero-order valence-electron chi connectivity index (χ0n) is 9.71. The van der Waals surface area contributed by atoms with Crippen molar-refractivity contribution in [1.29, 1.82) is 0 Å². The molecule has 0 radical (unpaired) electrons. The zero-order valence-corrected chi connectivity index (χ0v) is 12.1. The van der Waals surface area contributed by atoms with Crippen molar-refractivity contribution < 1.29 is 9.13 Å². The maximum atomic E-state index is 12.9. The van der Waals surface area contributed by atoms with Crippen LogP contribution in [0.1, 0.15) is 11.1 Å². The van der Waals surface area contributed by atoms with E-state index in [1.54, 1.807) is 6.07 Å². The first-order valence-electron chi connectivity index (χ1n) is 5.39. The Kier molecular flexibility index (Phi) is 4.25. The minimum absolute atomic E-state index is 0.316. The highest BCUT2D eigenvalue weighted by molar-refractivity contribution is 9.10. The minimum atomic E-state index is -0.345. The first-order chi connectivity index (χ1) is 8.56. The highest BCUT2D eigenvalue weighted by Gasteiger charge is 2.05. The Morgan fingerprint density at radius 2 is 2.00 bits per heavy atom. The molecule has 0 unspecified atom stereocenters. The van der Waals surface area contributed by atoms with Crippen molar-refractivity contribution in [3.8, 4) is 5.75 Å². The fourth-order valence-corrected chi connectivity index (χ4v) is 2.09. The van der Waals surface area contributed by atoms with Crippen LogP contribution in [0.15, 0.2) is 40.9 Å². The van der Waals surface area contributed by atoms with Gasteiger partial charge in [0, 0.05) is 10.0 Å². The van der Waals surface area contributed by atoms with E-state index in [9.17, 15) is 4.39 Å². The van der Waals surface area contributed by atoms with Crippen molar-refractivity contribution in [1.82, 2.24) is 0 Å². The van der Waals surface area contributed by atoms with Gasteiger partial charge in [0.05, 0.1) is 5.02 Å². The fourth-order valence-electron chi connectivity index (χ4n) is 1.52. The molecular weight excluding hydrogens is 319 g/mol. The highest BCUT2D eigenvalue weighted by Crippen LogP contribution is 2.25. The molecule has 18 heavy (non-hydrogen) atoms. The molecule has 0 aliphatic heterocycles. The lowest BCUT2D eigenvalue weighted by atomic mass is 10.2. The van der Waals surface area contributed by atoms with Crippen LogP contribution in [0.3, 0.4) is 0 Å². The van der Waals surface area contributed by atoms with E-state index in [2.05, 4.69) is 15.9 Å². The maximum Gasteiger partial charge on any atom is 0.124 e. The SMILES string of the molecule is Cc1ccc(Br)cc1OCc1ccc(F)cc1Cl. The summed E-state index contributed by atoms with van der Waals surface area (Å²) < 4.78 is 19.5. The van der Waals surface area contributed by atoms with E-state index in [0.717, 1.165) is 21.3 Å². The second-order valence-electron chi connectivity index (χ2n) is 3.93. The van der Waals surface area contributed by atoms with Crippen LogP contribution in [0.2, 0.25) is 5.02 Å². The summed E-state index contributed by atoms with van der Waals surface area (Å²) in [4.78, 5) is 0. The van der Waals surface area contributed by atoms with Crippen molar-refractivity contribution in [3.05, 3.63) is 62.8 Å². The molecule has 0 aromatic heterocycles. The summed E-state index contributed by atoms with van der Waals surface area (Å²) in [6, 6.07) is 10.1. The largest absolute Gasteiger partial charge is 0.489 e. The topological polar surface area (TPSA) is 9.23 Å². The molecule has 0 atom stereocenters. The molecule has 94 valence electrons. The summed E-state index contributed by atoms with van der Waals surface area (Å²) in [5.41, 5.74) is 1.80. The maximum absolute atomic E-state index is 12.9. The van der Waals surface area contributed by atoms with Crippen molar-refractivity contribution in [2.24, 2.45) is 0 Å². The number of hydrogen-bond donors (Lipinski definition) is 0. The van der Waals surface area contributed by atoms with Crippen LogP contribution < -0.4 is 4.74 Å². The summed E-state index contributed by atoms with van der Waals surface area (Å²) in [7, 11) is 0. The van der Waals surface area contributed by atoms with Crippen molar-refractivity contribution in [3.63, 3.8) is 0 Å². The van der Waals surface area contributed by atoms with Crippen LogP contribution in [-0.4, -0.2) is 0 Å². The minimum Gasteiger partial charge on any atom is -0.489 e. The van der Waals surface area contributed by atoms with E-state index >= 15 is 0 Å². The van der Waals surface area contributed by atoms with E-state index in [1.165, 1.54) is 12.1 Å². The molecule has 0 aliphatic carbocycles. The molecule has 2 aromatic rings. The van der Waals surface area contributed by atoms with Gasteiger partial charge >= 0.3 is 0 Å². The number of ether oxygens (including phenoxy) is 1. The smallest absolute Gasteiger partial charge is 0.124 e. The van der Waals surface area contributed by atoms with Crippen LogP contribution in [0, 0.1) is 12.7 Å². The molecule has 0 aliphatic rings. The molecule has 4 heteroatoms. The van der Waals surface area contributed by atoms with Gasteiger partial charge in [0.2, 0.25) is 0 Å². The van der Waals surface area contributed by atoms with Gasteiger partial charge in [0.15, 0.2) is 0 Å². The number of aryl methyl sites for hydroxylation is 1. The summed E-state index contributed by atoms with van der Waals surface area (Å²) in [5, 5.41) is 0.377. The zero-order chi connectivity index (χ0) is 13.1. The first-order valence-corrected chi connectivity index (χ1v) is 6.56. The predicted molar refractivity (Wildman–Crippen MR) is 74.6 cm³/mol. The third-order valence-electron chi connectivity index (χ3n) is 2.55. The molecule has 0 spiro atoms. The predicted octanol–water partition coefficient (Wildman–Crippen LogP) is 5.13. The standard InChI is InChI=1S/C14H11BrClFO/c1-9-2-4-11(15)6-14(9)18-8-10-3-5-12(17)7-13(10)16/h2-7H,8H2,1H3. The van der Waals surface area contributed by atoms with Crippen LogP contribution in [0.5, 0.6) is 5.75 Å². The Labute approximate surface area is 119 Å². The summed E-state index contributed by atoms with van der Waals surface area (Å²) in [6.07, 6.45) is 0. The molecule has 0 saturated heterocycles. The Morgan fingerprint density at radius 3 is 2.72 bits per heavy atom. The molecule has 1 nitrogen and oxygen atoms in total. The lowest BCUT2D eigenvalue weighted by molar-refractivity contribution is 0.304. The Bertz CT molecular complexity index is 572. The molecule has 0 amide bonds. The third kappa shape index (κ3) is 3.24. The number of halogens is 3. The molecule has 0 saturated carbocycles. The van der Waals surface area contributed by atoms with Gasteiger partial charge in [-0.3, -0.25) is 0 Å². The van der Waals surface area contributed by atoms with Gasteiger partial charge in [-0.25, -0.2) is 4.39 Å². The highest BCUT2D eigenvalue weighted by atomic mass is 79.9. The van der Waals surface area contributed by atoms with Gasteiger partial charge in [-0.05, 0) is 36.8 Å². The molecule has 0 heterocycles. The van der Waals surface area contributed by atoms with Gasteiger partial charge < -0.3 is 4.74 Å². The number of rotatable bonds is 3. The number of benzene rings is 2. The molecule has 0 fully saturated rings. The van der Waals surface area contributed by atoms with E-state index in [1.807, 2.05) is 25.1 Å². The van der Waals surface area contributed by atoms with Crippen LogP contribution >= 0.6 is 27.5 Å². The second kappa shape index (κ2) is 5.72. The van der Waals surface area contributed by atoms with Crippen molar-refractivity contribution in [2.45, 2.75) is 13.5 Å². The van der Waals surface area contributed by atoms with Crippen molar-refractivity contribution in [2.75, 3.05) is 0 Å². The third-order valence-corrected chi connectivity index (χ3v) is 3.39. The lowest BCUT2D eigenvalue weighted by Crippen LogP contribution is -1.98. The van der Waals surface area contributed by atoms with Gasteiger partial charge in [0.25, 0.3) is 0 Å². The molecule has 2 aromatic carbocycles. The summed E-state index contributed by atoms with van der Waals surface area (Å²) in [5.74, 6) is 0.437. The Morgan fingerprint density at radius 1 is 1.22 bits per heavy atom. The first kappa shape index (κ1) is 13.4. The number of hydrogen-bond acceptors (Lipinski definition) is 1. The van der Waals surface area contributed by atoms with Gasteiger partial charge in [-0.15, -0.1) is 0 Å². The molecule has 0 bridgehead atoms. The molecule has 0 N–H and O–H groups in total. The molecular formula is C14H11BrClFO. The van der Waals surface area contributed by atoms with Crippen molar-refractivity contribution >= 4 is 27.5 Å². The van der Waals surface area contributed by atoms with Gasteiger partial charge in [0.1, 0.15) is 18.2 Å². The average Bonchev–Trinajstić information content (AvgIpc) is 2.32. The van der Waals surface area contributed by atoms with Gasteiger partial charge in [-0.2, -0.15) is 0 Å². The summed E-state index contributed by atoms with van der Waals surface area (Å²) >= 11 is 9.33. The van der Waals surface area contributed by atoms with E-state index in [4.69, 9.17) is 16.3 Å². The Balaban J connectivity index is 2.13. The lowest BCUT2D eigenvalue weighted by Gasteiger charge is -2.10. The van der Waals surface area contributed by atoms with E-state index in [0.29, 0.717) is 11.6 Å². The summed E-state index contributed by atoms with van der Waals surface area (Å²) in [6.45, 7) is 2.28. The van der Waals surface area contributed by atoms with E-state index < -0.39 is 0 Å². The second-order valence-corrected chi connectivity index (χ2v) is 5.26. The quantitative estimate of drug-likeness (QED) is 0.758. The van der Waals surface area contributed by atoms with Crippen LogP contribution in [0.25, 0.3) is 0 Å². The van der Waals surface area contributed by atoms with Crippen LogP contribution in [-0.2, 0) is 6.61 Å².